The summed E-state index contributed by atoms with van der Waals surface area (Å²) >= 11 is 0. The third kappa shape index (κ3) is 2.59. The predicted molar refractivity (Wildman–Crippen MR) is 97.4 cm³/mol. The molecule has 1 saturated heterocycles. The fourth-order valence-electron chi connectivity index (χ4n) is 3.54. The highest BCUT2D eigenvalue weighted by molar-refractivity contribution is 6.01. The summed E-state index contributed by atoms with van der Waals surface area (Å²) in [5.74, 6) is 0.393. The number of aryl methyl sites for hydroxylation is 2. The van der Waals surface area contributed by atoms with Crippen LogP contribution in [0.1, 0.15) is 21.7 Å². The number of amides is 1. The quantitative estimate of drug-likeness (QED) is 0.787. The van der Waals surface area contributed by atoms with Gasteiger partial charge in [0.2, 0.25) is 0 Å². The number of benzene rings is 2. The van der Waals surface area contributed by atoms with Crippen LogP contribution in [0.5, 0.6) is 0 Å². The Hall–Kier alpha value is -2.99. The Labute approximate surface area is 151 Å². The average molecular weight is 348 g/mol. The summed E-state index contributed by atoms with van der Waals surface area (Å²) in [5, 5.41) is 14.7. The van der Waals surface area contributed by atoms with Crippen molar-refractivity contribution in [2.45, 2.75) is 12.5 Å². The molecule has 0 atom stereocenters. The molecule has 0 spiro atoms. The van der Waals surface area contributed by atoms with E-state index in [9.17, 15) is 9.90 Å². The molecular weight excluding hydrogens is 328 g/mol. The number of aromatic nitrogens is 3. The molecule has 2 heterocycles. The molecule has 6 nitrogen and oxygen atoms in total. The molecule has 1 aliphatic heterocycles. The smallest absolute Gasteiger partial charge is 0.254 e. The Kier molecular flexibility index (Phi) is 3.85. The van der Waals surface area contributed by atoms with Gasteiger partial charge in [0.05, 0.1) is 13.1 Å². The molecule has 6 heteroatoms. The van der Waals surface area contributed by atoms with E-state index >= 15 is 0 Å². The van der Waals surface area contributed by atoms with Crippen molar-refractivity contribution in [3.05, 3.63) is 71.8 Å². The highest BCUT2D eigenvalue weighted by atomic mass is 16.3. The molecule has 0 radical (unpaired) electrons. The molecule has 1 N–H and O–H groups in total. The maximum absolute atomic E-state index is 13.0. The second kappa shape index (κ2) is 6.07. The van der Waals surface area contributed by atoms with E-state index in [0.29, 0.717) is 11.4 Å². The van der Waals surface area contributed by atoms with Gasteiger partial charge in [-0.2, -0.15) is 5.10 Å². The molecule has 0 saturated carbocycles. The van der Waals surface area contributed by atoms with E-state index < -0.39 is 5.60 Å². The minimum Gasteiger partial charge on any atom is -0.378 e. The van der Waals surface area contributed by atoms with E-state index in [-0.39, 0.29) is 19.0 Å². The van der Waals surface area contributed by atoms with Gasteiger partial charge < -0.3 is 10.0 Å². The topological polar surface area (TPSA) is 71.2 Å². The third-order valence-corrected chi connectivity index (χ3v) is 4.91. The number of nitrogens with zero attached hydrogens (tertiary/aromatic N) is 4. The van der Waals surface area contributed by atoms with Gasteiger partial charge in [0.25, 0.3) is 5.91 Å². The normalized spacial score (nSPS) is 15.6. The highest BCUT2D eigenvalue weighted by Crippen LogP contribution is 2.34. The molecule has 1 amide bonds. The van der Waals surface area contributed by atoms with Gasteiger partial charge >= 0.3 is 0 Å². The van der Waals surface area contributed by atoms with Crippen LogP contribution < -0.4 is 0 Å². The van der Waals surface area contributed by atoms with E-state index in [1.54, 1.807) is 16.6 Å². The molecule has 0 unspecified atom stereocenters. The zero-order valence-corrected chi connectivity index (χ0v) is 14.8. The largest absolute Gasteiger partial charge is 0.378 e. The molecule has 0 aliphatic carbocycles. The summed E-state index contributed by atoms with van der Waals surface area (Å²) in [6.45, 7) is 2.45. The molecule has 132 valence electrons. The Morgan fingerprint density at radius 3 is 2.38 bits per heavy atom. The van der Waals surface area contributed by atoms with Crippen molar-refractivity contribution in [2.24, 2.45) is 7.05 Å². The lowest BCUT2D eigenvalue weighted by Gasteiger charge is -2.45. The Morgan fingerprint density at radius 2 is 1.73 bits per heavy atom. The molecule has 2 aromatic carbocycles. The number of rotatable bonds is 3. The van der Waals surface area contributed by atoms with E-state index in [1.165, 1.54) is 6.33 Å². The first-order valence-electron chi connectivity index (χ1n) is 8.51. The standard InChI is InChI=1S/C20H20N4O2/c1-14-7-3-4-8-15(14)16-9-5-6-10-17(16)18(25)24-11-20(26,12-24)19-21-13-22-23(19)2/h3-10,13,26H,11-12H2,1-2H3. The van der Waals surface area contributed by atoms with Gasteiger partial charge in [0, 0.05) is 12.6 Å². The van der Waals surface area contributed by atoms with Crippen LogP contribution in [0.3, 0.4) is 0 Å². The maximum atomic E-state index is 13.0. The first kappa shape index (κ1) is 16.5. The summed E-state index contributed by atoms with van der Waals surface area (Å²) in [7, 11) is 1.73. The molecule has 4 rings (SSSR count). The van der Waals surface area contributed by atoms with Crippen LogP contribution in [0.2, 0.25) is 0 Å². The molecule has 0 bridgehead atoms. The van der Waals surface area contributed by atoms with E-state index in [4.69, 9.17) is 0 Å². The number of likely N-dealkylation sites (tertiary alicyclic amines) is 1. The first-order valence-corrected chi connectivity index (χ1v) is 8.51. The van der Waals surface area contributed by atoms with Crippen LogP contribution in [0.25, 0.3) is 11.1 Å². The van der Waals surface area contributed by atoms with Gasteiger partial charge in [-0.15, -0.1) is 0 Å². The zero-order chi connectivity index (χ0) is 18.3. The lowest BCUT2D eigenvalue weighted by molar-refractivity contribution is -0.0943. The minimum atomic E-state index is -1.14. The maximum Gasteiger partial charge on any atom is 0.254 e. The fourth-order valence-corrected chi connectivity index (χ4v) is 3.54. The summed E-state index contributed by atoms with van der Waals surface area (Å²) < 4.78 is 1.54. The Balaban J connectivity index is 1.62. The summed E-state index contributed by atoms with van der Waals surface area (Å²) in [5.41, 5.74) is 2.57. The molecule has 1 aliphatic rings. The summed E-state index contributed by atoms with van der Waals surface area (Å²) in [6.07, 6.45) is 1.41. The number of carbonyl (C=O) groups excluding carboxylic acids is 1. The van der Waals surface area contributed by atoms with Crippen LogP contribution in [0.15, 0.2) is 54.9 Å². The average Bonchev–Trinajstić information content (AvgIpc) is 3.05. The predicted octanol–water partition coefficient (Wildman–Crippen LogP) is 2.13. The van der Waals surface area contributed by atoms with Crippen LogP contribution in [0, 0.1) is 6.92 Å². The highest BCUT2D eigenvalue weighted by Gasteiger charge is 2.48. The summed E-state index contributed by atoms with van der Waals surface area (Å²) in [4.78, 5) is 18.8. The van der Waals surface area contributed by atoms with Crippen molar-refractivity contribution >= 4 is 5.91 Å². The molecule has 1 aromatic heterocycles. The lowest BCUT2D eigenvalue weighted by atomic mass is 9.90. The third-order valence-electron chi connectivity index (χ3n) is 4.91. The lowest BCUT2D eigenvalue weighted by Crippen LogP contribution is -2.62. The van der Waals surface area contributed by atoms with Crippen LogP contribution >= 0.6 is 0 Å². The van der Waals surface area contributed by atoms with E-state index in [0.717, 1.165) is 16.7 Å². The van der Waals surface area contributed by atoms with Crippen molar-refractivity contribution in [3.63, 3.8) is 0 Å². The van der Waals surface area contributed by atoms with Gasteiger partial charge in [-0.1, -0.05) is 42.5 Å². The second-order valence-corrected chi connectivity index (χ2v) is 6.76. The van der Waals surface area contributed by atoms with E-state index in [2.05, 4.69) is 10.1 Å². The van der Waals surface area contributed by atoms with Gasteiger partial charge in [-0.25, -0.2) is 4.98 Å². The number of hydrogen-bond acceptors (Lipinski definition) is 4. The Bertz CT molecular complexity index is 973. The molecule has 1 fully saturated rings. The number of carbonyl (C=O) groups is 1. The van der Waals surface area contributed by atoms with Gasteiger partial charge in [0.15, 0.2) is 11.4 Å². The van der Waals surface area contributed by atoms with Crippen molar-refractivity contribution in [2.75, 3.05) is 13.1 Å². The van der Waals surface area contributed by atoms with Crippen LogP contribution in [0.4, 0.5) is 0 Å². The molecule has 26 heavy (non-hydrogen) atoms. The van der Waals surface area contributed by atoms with Crippen LogP contribution in [-0.2, 0) is 12.6 Å². The monoisotopic (exact) mass is 348 g/mol. The van der Waals surface area contributed by atoms with Crippen molar-refractivity contribution < 1.29 is 9.90 Å². The number of aliphatic hydroxyl groups is 1. The van der Waals surface area contributed by atoms with Gasteiger partial charge in [-0.05, 0) is 29.7 Å². The summed E-state index contributed by atoms with van der Waals surface area (Å²) in [6, 6.07) is 15.6. The van der Waals surface area contributed by atoms with Crippen molar-refractivity contribution in [1.29, 1.82) is 0 Å². The van der Waals surface area contributed by atoms with Gasteiger partial charge in [-0.3, -0.25) is 9.48 Å². The number of β-amino-alcohol motifs (C(OH)–C–C–N with tert-alkyl or cyclic N) is 1. The SMILES string of the molecule is Cc1ccccc1-c1ccccc1C(=O)N1CC(O)(c2ncnn2C)C1. The Morgan fingerprint density at radius 1 is 1.08 bits per heavy atom. The second-order valence-electron chi connectivity index (χ2n) is 6.76. The molecular formula is C20H20N4O2. The number of hydrogen-bond donors (Lipinski definition) is 1. The van der Waals surface area contributed by atoms with E-state index in [1.807, 2.05) is 55.5 Å². The van der Waals surface area contributed by atoms with Crippen molar-refractivity contribution in [1.82, 2.24) is 19.7 Å². The molecule has 3 aromatic rings. The van der Waals surface area contributed by atoms with Crippen LogP contribution in [-0.4, -0.2) is 43.8 Å². The van der Waals surface area contributed by atoms with Crippen molar-refractivity contribution in [3.8, 4) is 11.1 Å². The zero-order valence-electron chi connectivity index (χ0n) is 14.8. The van der Waals surface area contributed by atoms with Gasteiger partial charge in [0.1, 0.15) is 6.33 Å². The fraction of sp³-hybridized carbons (Fsp3) is 0.250. The first-order chi connectivity index (χ1) is 12.5. The minimum absolute atomic E-state index is 0.0873.